The molecule has 2 bridgehead atoms. The Morgan fingerprint density at radius 1 is 1.29 bits per heavy atom. The van der Waals surface area contributed by atoms with E-state index < -0.39 is 28.6 Å². The van der Waals surface area contributed by atoms with Gasteiger partial charge in [0.1, 0.15) is 17.1 Å². The summed E-state index contributed by atoms with van der Waals surface area (Å²) in [5.41, 5.74) is 4.15. The molecule has 28 heavy (non-hydrogen) atoms. The number of halogens is 2. The number of nitrogens with zero attached hydrogens (tertiary/aromatic N) is 2. The molecule has 3 saturated carbocycles. The maximum Gasteiger partial charge on any atom is 0.341 e. The maximum atomic E-state index is 15.7. The molecule has 1 aromatic carbocycles. The number of nitrogens with two attached hydrogens (primary N) is 1. The van der Waals surface area contributed by atoms with E-state index in [1.54, 1.807) is 9.47 Å². The molecule has 2 unspecified atom stereocenters. The van der Waals surface area contributed by atoms with Crippen LogP contribution in [-0.2, 0) is 5.54 Å². The average molecular weight is 389 g/mol. The highest BCUT2D eigenvalue weighted by atomic mass is 19.1. The van der Waals surface area contributed by atoms with Crippen LogP contribution in [0.5, 0.6) is 0 Å². The van der Waals surface area contributed by atoms with E-state index in [-0.39, 0.29) is 34.1 Å². The van der Waals surface area contributed by atoms with Crippen molar-refractivity contribution < 1.29 is 18.7 Å². The molecule has 0 amide bonds. The number of hydrogen-bond donors (Lipinski definition) is 2. The molecule has 0 radical (unpaired) electrons. The Hall–Kier alpha value is -2.48. The molecular formula is C20H21F2N3O3. The fourth-order valence-electron chi connectivity index (χ4n) is 5.12. The fraction of sp³-hybridized carbons (Fsp3) is 0.500. The first-order valence-electron chi connectivity index (χ1n) is 9.53. The second-order valence-corrected chi connectivity index (χ2v) is 8.71. The topological polar surface area (TPSA) is 88.6 Å². The van der Waals surface area contributed by atoms with Crippen molar-refractivity contribution in [1.29, 1.82) is 0 Å². The van der Waals surface area contributed by atoms with Gasteiger partial charge in [-0.1, -0.05) is 6.92 Å². The van der Waals surface area contributed by atoms with Crippen molar-refractivity contribution in [3.05, 3.63) is 39.7 Å². The van der Waals surface area contributed by atoms with E-state index in [0.29, 0.717) is 19.0 Å². The molecule has 1 aliphatic heterocycles. The highest BCUT2D eigenvalue weighted by Gasteiger charge is 2.58. The molecule has 148 valence electrons. The second-order valence-electron chi connectivity index (χ2n) is 8.71. The van der Waals surface area contributed by atoms with Gasteiger partial charge < -0.3 is 20.3 Å². The van der Waals surface area contributed by atoms with Crippen LogP contribution in [0.25, 0.3) is 10.9 Å². The van der Waals surface area contributed by atoms with Gasteiger partial charge in [-0.3, -0.25) is 4.79 Å². The third-order valence-corrected chi connectivity index (χ3v) is 6.89. The molecule has 1 saturated heterocycles. The molecule has 4 aliphatic rings. The van der Waals surface area contributed by atoms with E-state index >= 15 is 4.39 Å². The number of fused-ring (bicyclic) bond motifs is 1. The molecule has 0 spiro atoms. The van der Waals surface area contributed by atoms with Crippen LogP contribution in [0, 0.1) is 23.5 Å². The van der Waals surface area contributed by atoms with Crippen LogP contribution < -0.4 is 16.1 Å². The van der Waals surface area contributed by atoms with Crippen LogP contribution in [0.3, 0.4) is 0 Å². The van der Waals surface area contributed by atoms with Gasteiger partial charge in [0.25, 0.3) is 0 Å². The summed E-state index contributed by atoms with van der Waals surface area (Å²) in [7, 11) is 0. The van der Waals surface area contributed by atoms with E-state index in [9.17, 15) is 19.1 Å². The lowest BCUT2D eigenvalue weighted by Gasteiger charge is -2.63. The Balaban J connectivity index is 1.80. The normalized spacial score (nSPS) is 31.0. The van der Waals surface area contributed by atoms with Crippen molar-refractivity contribution in [1.82, 2.24) is 4.57 Å². The summed E-state index contributed by atoms with van der Waals surface area (Å²) >= 11 is 0. The zero-order chi connectivity index (χ0) is 20.0. The third kappa shape index (κ3) is 2.15. The highest BCUT2D eigenvalue weighted by Crippen LogP contribution is 2.63. The molecule has 4 fully saturated rings. The van der Waals surface area contributed by atoms with Gasteiger partial charge in [0.15, 0.2) is 5.82 Å². The lowest BCUT2D eigenvalue weighted by atomic mass is 9.49. The summed E-state index contributed by atoms with van der Waals surface area (Å²) in [6.45, 7) is 2.68. The first-order valence-corrected chi connectivity index (χ1v) is 9.53. The molecular weight excluding hydrogens is 368 g/mol. The van der Waals surface area contributed by atoms with Gasteiger partial charge in [-0.15, -0.1) is 0 Å². The van der Waals surface area contributed by atoms with Crippen molar-refractivity contribution >= 4 is 22.6 Å². The largest absolute Gasteiger partial charge is 0.477 e. The molecule has 1 aromatic heterocycles. The van der Waals surface area contributed by atoms with Gasteiger partial charge in [0.05, 0.1) is 10.9 Å². The number of carboxylic acid groups (broad SMARTS) is 1. The fourth-order valence-corrected chi connectivity index (χ4v) is 5.12. The quantitative estimate of drug-likeness (QED) is 0.841. The van der Waals surface area contributed by atoms with Gasteiger partial charge in [-0.05, 0) is 37.2 Å². The summed E-state index contributed by atoms with van der Waals surface area (Å²) < 4.78 is 32.2. The molecule has 3 N–H and O–H groups in total. The molecule has 2 aromatic rings. The Bertz CT molecular complexity index is 1070. The minimum Gasteiger partial charge on any atom is -0.477 e. The van der Waals surface area contributed by atoms with Gasteiger partial charge >= 0.3 is 5.97 Å². The minimum absolute atomic E-state index is 0.00215. The van der Waals surface area contributed by atoms with Crippen LogP contribution in [0.4, 0.5) is 14.5 Å². The van der Waals surface area contributed by atoms with E-state index in [0.717, 1.165) is 25.3 Å². The SMILES string of the molecule is CC1CN(c2c(F)cc3c(=O)c(C(=O)O)cn(C45CC(C4)C5)c3c2F)CC1N. The lowest BCUT2D eigenvalue weighted by Crippen LogP contribution is -2.59. The van der Waals surface area contributed by atoms with Crippen LogP contribution in [0.1, 0.15) is 36.5 Å². The standard InChI is InChI=1S/C20H21F2N3O3/c1-9-6-24(8-14(9)23)17-13(21)2-11-16(15(17)22)25(20-3-10(4-20)5-20)7-12(18(11)26)19(27)28/h2,7,9-10,14H,3-6,8,23H2,1H3,(H,27,28). The minimum atomic E-state index is -1.39. The number of benzene rings is 1. The second kappa shape index (κ2) is 5.53. The van der Waals surface area contributed by atoms with E-state index in [1.807, 2.05) is 6.92 Å². The molecule has 2 heterocycles. The predicted octanol–water partition coefficient (Wildman–Crippen LogP) is 2.27. The number of hydrogen-bond acceptors (Lipinski definition) is 4. The predicted molar refractivity (Wildman–Crippen MR) is 99.8 cm³/mol. The van der Waals surface area contributed by atoms with Gasteiger partial charge in [0.2, 0.25) is 5.43 Å². The van der Waals surface area contributed by atoms with Crippen molar-refractivity contribution in [3.8, 4) is 0 Å². The zero-order valence-corrected chi connectivity index (χ0v) is 15.4. The molecule has 6 rings (SSSR count). The Kier molecular flexibility index (Phi) is 3.48. The van der Waals surface area contributed by atoms with Gasteiger partial charge in [-0.2, -0.15) is 0 Å². The number of anilines is 1. The first-order chi connectivity index (χ1) is 13.2. The van der Waals surface area contributed by atoms with Crippen LogP contribution >= 0.6 is 0 Å². The Labute approximate surface area is 159 Å². The molecule has 3 aliphatic carbocycles. The summed E-state index contributed by atoms with van der Waals surface area (Å²) in [5, 5.41) is 9.20. The summed E-state index contributed by atoms with van der Waals surface area (Å²) in [5.74, 6) is -2.42. The molecule has 8 heteroatoms. The highest BCUT2D eigenvalue weighted by molar-refractivity contribution is 5.94. The summed E-state index contributed by atoms with van der Waals surface area (Å²) in [4.78, 5) is 25.8. The number of rotatable bonds is 3. The number of pyridine rings is 1. The van der Waals surface area contributed by atoms with Gasteiger partial charge in [-0.25, -0.2) is 13.6 Å². The van der Waals surface area contributed by atoms with Crippen molar-refractivity contribution in [2.45, 2.75) is 37.8 Å². The van der Waals surface area contributed by atoms with Crippen molar-refractivity contribution in [2.24, 2.45) is 17.6 Å². The van der Waals surface area contributed by atoms with E-state index in [4.69, 9.17) is 5.73 Å². The zero-order valence-electron chi connectivity index (χ0n) is 15.4. The number of carboxylic acids is 1. The summed E-state index contributed by atoms with van der Waals surface area (Å²) in [6.07, 6.45) is 3.71. The smallest absolute Gasteiger partial charge is 0.341 e. The van der Waals surface area contributed by atoms with Crippen LogP contribution in [0.15, 0.2) is 17.1 Å². The number of carbonyl (C=O) groups is 1. The van der Waals surface area contributed by atoms with E-state index in [1.165, 1.54) is 6.20 Å². The lowest BCUT2D eigenvalue weighted by molar-refractivity contribution is -0.0863. The number of aromatic nitrogens is 1. The molecule has 2 atom stereocenters. The van der Waals surface area contributed by atoms with Gasteiger partial charge in [0, 0.05) is 30.9 Å². The van der Waals surface area contributed by atoms with Crippen LogP contribution in [0.2, 0.25) is 0 Å². The van der Waals surface area contributed by atoms with Crippen LogP contribution in [-0.4, -0.2) is 34.8 Å². The van der Waals surface area contributed by atoms with E-state index in [2.05, 4.69) is 0 Å². The monoisotopic (exact) mass is 389 g/mol. The maximum absolute atomic E-state index is 15.7. The first kappa shape index (κ1) is 17.6. The molecule has 6 nitrogen and oxygen atoms in total. The Morgan fingerprint density at radius 3 is 2.46 bits per heavy atom. The third-order valence-electron chi connectivity index (χ3n) is 6.89. The Morgan fingerprint density at radius 2 is 1.96 bits per heavy atom. The van der Waals surface area contributed by atoms with Crippen molar-refractivity contribution in [2.75, 3.05) is 18.0 Å². The average Bonchev–Trinajstić information content (AvgIpc) is 2.85. The number of aromatic carboxylic acids is 1. The summed E-state index contributed by atoms with van der Waals surface area (Å²) in [6, 6.07) is 0.794. The van der Waals surface area contributed by atoms with Crippen molar-refractivity contribution in [3.63, 3.8) is 0 Å².